The van der Waals surface area contributed by atoms with Crippen LogP contribution in [0, 0.1) is 0 Å². The van der Waals surface area contributed by atoms with Crippen LogP contribution in [-0.2, 0) is 0 Å². The lowest BCUT2D eigenvalue weighted by atomic mass is 10.4. The third-order valence-corrected chi connectivity index (χ3v) is 3.56. The number of carbonyl (C=O) groups is 1. The van der Waals surface area contributed by atoms with E-state index in [0.29, 0.717) is 29.4 Å². The number of nitrogens with zero attached hydrogens (tertiary/aromatic N) is 3. The number of hydrogen-bond donors (Lipinski definition) is 3. The summed E-state index contributed by atoms with van der Waals surface area (Å²) in [5.41, 5.74) is 0.886. The molecule has 128 valence electrons. The molecule has 3 heterocycles. The Hall–Kier alpha value is -2.94. The molecule has 3 N–H and O–H groups in total. The third-order valence-electron chi connectivity index (χ3n) is 3.13. The number of hydrogen-bond acceptors (Lipinski definition) is 7. The molecule has 0 spiro atoms. The summed E-state index contributed by atoms with van der Waals surface area (Å²) in [5.74, 6) is 1.25. The molecule has 0 bridgehead atoms. The normalized spacial score (nSPS) is 10.3. The number of furan rings is 1. The van der Waals surface area contributed by atoms with Crippen molar-refractivity contribution in [1.82, 2.24) is 20.5 Å². The third kappa shape index (κ3) is 5.01. The van der Waals surface area contributed by atoms with E-state index in [1.165, 1.54) is 0 Å². The summed E-state index contributed by atoms with van der Waals surface area (Å²) in [6.07, 6.45) is 3.39. The molecule has 25 heavy (non-hydrogen) atoms. The highest BCUT2D eigenvalue weighted by Gasteiger charge is 2.09. The minimum Gasteiger partial charge on any atom is -0.444 e. The summed E-state index contributed by atoms with van der Waals surface area (Å²) in [4.78, 5) is 15.7. The lowest BCUT2D eigenvalue weighted by Crippen LogP contribution is -2.28. The first-order valence-corrected chi connectivity index (χ1v) is 8.28. The minimum atomic E-state index is -0.268. The van der Waals surface area contributed by atoms with Crippen LogP contribution < -0.4 is 16.0 Å². The van der Waals surface area contributed by atoms with Gasteiger partial charge >= 0.3 is 0 Å². The van der Waals surface area contributed by atoms with E-state index in [2.05, 4.69) is 47.1 Å². The number of anilines is 3. The smallest absolute Gasteiger partial charge is 0.287 e. The van der Waals surface area contributed by atoms with Gasteiger partial charge in [0.25, 0.3) is 5.91 Å². The Bertz CT molecular complexity index is 822. The topological polar surface area (TPSA) is 105 Å². The van der Waals surface area contributed by atoms with Gasteiger partial charge in [0, 0.05) is 31.2 Å². The molecule has 0 unspecified atom stereocenters. The Balaban J connectivity index is 1.42. The SMILES string of the molecule is O=C(NCCNc1ccc(Nc2ccncc2)nn1)c1ccc(Br)o1. The van der Waals surface area contributed by atoms with Crippen molar-refractivity contribution in [3.05, 3.63) is 59.2 Å². The molecule has 0 radical (unpaired) electrons. The van der Waals surface area contributed by atoms with Crippen LogP contribution in [0.5, 0.6) is 0 Å². The molecular formula is C16H15BrN6O2. The molecule has 1 amide bonds. The molecule has 0 atom stereocenters. The van der Waals surface area contributed by atoms with Gasteiger partial charge < -0.3 is 20.4 Å². The van der Waals surface area contributed by atoms with Gasteiger partial charge in [-0.05, 0) is 52.3 Å². The van der Waals surface area contributed by atoms with Crippen LogP contribution in [-0.4, -0.2) is 34.2 Å². The first kappa shape index (κ1) is 16.9. The van der Waals surface area contributed by atoms with E-state index >= 15 is 0 Å². The Kier molecular flexibility index (Phi) is 5.57. The zero-order valence-corrected chi connectivity index (χ0v) is 14.7. The van der Waals surface area contributed by atoms with Crippen molar-refractivity contribution in [3.8, 4) is 0 Å². The molecule has 0 aliphatic carbocycles. The summed E-state index contributed by atoms with van der Waals surface area (Å²) in [7, 11) is 0. The molecule has 9 heteroatoms. The summed E-state index contributed by atoms with van der Waals surface area (Å²) >= 11 is 3.16. The highest BCUT2D eigenvalue weighted by Crippen LogP contribution is 2.14. The second-order valence-electron chi connectivity index (χ2n) is 4.95. The van der Waals surface area contributed by atoms with Crippen molar-refractivity contribution < 1.29 is 9.21 Å². The van der Waals surface area contributed by atoms with Gasteiger partial charge in [0.05, 0.1) is 0 Å². The predicted octanol–water partition coefficient (Wildman–Crippen LogP) is 2.81. The molecule has 0 aromatic carbocycles. The van der Waals surface area contributed by atoms with Crippen LogP contribution >= 0.6 is 15.9 Å². The van der Waals surface area contributed by atoms with Crippen LogP contribution in [0.4, 0.5) is 17.3 Å². The van der Waals surface area contributed by atoms with Gasteiger partial charge in [-0.15, -0.1) is 10.2 Å². The van der Waals surface area contributed by atoms with Crippen molar-refractivity contribution in [2.45, 2.75) is 0 Å². The molecular weight excluding hydrogens is 388 g/mol. The Morgan fingerprint density at radius 2 is 1.76 bits per heavy atom. The van der Waals surface area contributed by atoms with E-state index in [1.807, 2.05) is 24.3 Å². The molecule has 3 aromatic rings. The first-order valence-electron chi connectivity index (χ1n) is 7.49. The lowest BCUT2D eigenvalue weighted by Gasteiger charge is -2.07. The number of carbonyl (C=O) groups excluding carboxylic acids is 1. The number of halogens is 1. The summed E-state index contributed by atoms with van der Waals surface area (Å²) in [5, 5.41) is 17.1. The zero-order chi connectivity index (χ0) is 17.5. The maximum atomic E-state index is 11.8. The number of rotatable bonds is 7. The summed E-state index contributed by atoms with van der Waals surface area (Å²) in [6, 6.07) is 10.6. The van der Waals surface area contributed by atoms with E-state index in [0.717, 1.165) is 5.69 Å². The van der Waals surface area contributed by atoms with Gasteiger partial charge in [-0.3, -0.25) is 9.78 Å². The fourth-order valence-electron chi connectivity index (χ4n) is 1.97. The Morgan fingerprint density at radius 3 is 2.44 bits per heavy atom. The molecule has 8 nitrogen and oxygen atoms in total. The van der Waals surface area contributed by atoms with Crippen LogP contribution in [0.15, 0.2) is 57.9 Å². The number of aromatic nitrogens is 3. The van der Waals surface area contributed by atoms with E-state index in [9.17, 15) is 4.79 Å². The number of nitrogens with one attached hydrogen (secondary N) is 3. The largest absolute Gasteiger partial charge is 0.444 e. The summed E-state index contributed by atoms with van der Waals surface area (Å²) < 4.78 is 5.69. The van der Waals surface area contributed by atoms with Gasteiger partial charge in [-0.1, -0.05) is 0 Å². The standard InChI is InChI=1S/C16H15BrN6O2/c17-13-2-1-12(25-13)16(24)20-10-9-19-14-3-4-15(23-22-14)21-11-5-7-18-8-6-11/h1-8H,9-10H2,(H,19,22)(H,20,24)(H,18,21,23). The highest BCUT2D eigenvalue weighted by atomic mass is 79.9. The maximum absolute atomic E-state index is 11.8. The molecule has 0 saturated carbocycles. The van der Waals surface area contributed by atoms with Gasteiger partial charge in [-0.2, -0.15) is 0 Å². The molecule has 0 aliphatic rings. The van der Waals surface area contributed by atoms with E-state index in [1.54, 1.807) is 24.5 Å². The monoisotopic (exact) mass is 402 g/mol. The zero-order valence-electron chi connectivity index (χ0n) is 13.1. The van der Waals surface area contributed by atoms with Crippen LogP contribution in [0.3, 0.4) is 0 Å². The van der Waals surface area contributed by atoms with E-state index in [4.69, 9.17) is 4.42 Å². The van der Waals surface area contributed by atoms with Crippen molar-refractivity contribution >= 4 is 39.2 Å². The second-order valence-corrected chi connectivity index (χ2v) is 5.73. The van der Waals surface area contributed by atoms with Crippen LogP contribution in [0.1, 0.15) is 10.6 Å². The quantitative estimate of drug-likeness (QED) is 0.521. The Labute approximate surface area is 152 Å². The predicted molar refractivity (Wildman–Crippen MR) is 96.8 cm³/mol. The fourth-order valence-corrected chi connectivity index (χ4v) is 2.27. The minimum absolute atomic E-state index is 0.262. The van der Waals surface area contributed by atoms with Crippen molar-refractivity contribution in [3.63, 3.8) is 0 Å². The van der Waals surface area contributed by atoms with E-state index in [-0.39, 0.29) is 11.7 Å². The molecule has 0 aliphatic heterocycles. The van der Waals surface area contributed by atoms with Crippen molar-refractivity contribution in [2.24, 2.45) is 0 Å². The summed E-state index contributed by atoms with van der Waals surface area (Å²) in [6.45, 7) is 0.940. The van der Waals surface area contributed by atoms with Crippen molar-refractivity contribution in [2.75, 3.05) is 23.7 Å². The van der Waals surface area contributed by atoms with E-state index < -0.39 is 0 Å². The highest BCUT2D eigenvalue weighted by molar-refractivity contribution is 9.10. The number of amides is 1. The Morgan fingerprint density at radius 1 is 1.00 bits per heavy atom. The number of pyridine rings is 1. The fraction of sp³-hybridized carbons (Fsp3) is 0.125. The molecule has 3 rings (SSSR count). The van der Waals surface area contributed by atoms with Crippen LogP contribution in [0.2, 0.25) is 0 Å². The molecule has 0 fully saturated rings. The van der Waals surface area contributed by atoms with Gasteiger partial charge in [-0.25, -0.2) is 0 Å². The molecule has 0 saturated heterocycles. The van der Waals surface area contributed by atoms with Gasteiger partial charge in [0.2, 0.25) is 0 Å². The van der Waals surface area contributed by atoms with Crippen LogP contribution in [0.25, 0.3) is 0 Å². The lowest BCUT2D eigenvalue weighted by molar-refractivity contribution is 0.0926. The maximum Gasteiger partial charge on any atom is 0.287 e. The first-order chi connectivity index (χ1) is 12.2. The van der Waals surface area contributed by atoms with Gasteiger partial charge in [0.1, 0.15) is 5.82 Å². The second kappa shape index (κ2) is 8.25. The molecule has 3 aromatic heterocycles. The van der Waals surface area contributed by atoms with Crippen molar-refractivity contribution in [1.29, 1.82) is 0 Å². The average Bonchev–Trinajstić information content (AvgIpc) is 3.07. The average molecular weight is 403 g/mol. The van der Waals surface area contributed by atoms with Gasteiger partial charge in [0.15, 0.2) is 16.2 Å².